The van der Waals surface area contributed by atoms with E-state index in [1.165, 1.54) is 0 Å². The molecule has 1 aliphatic rings. The van der Waals surface area contributed by atoms with Crippen LogP contribution in [0.5, 0.6) is 11.5 Å². The SMILES string of the molecule is CCc1cc(OCC2=NOC(=O)C2)c(F)c(C)c1Cc1ccc(OCOC)c(-c2ccccc2)n1. The summed E-state index contributed by atoms with van der Waals surface area (Å²) >= 11 is 0. The molecule has 0 saturated carbocycles. The molecule has 2 heterocycles. The quantitative estimate of drug-likeness (QED) is 0.301. The Labute approximate surface area is 203 Å². The van der Waals surface area contributed by atoms with Crippen LogP contribution in [0, 0.1) is 12.7 Å². The molecule has 0 N–H and O–H groups in total. The number of pyridine rings is 1. The minimum absolute atomic E-state index is 0.00444. The van der Waals surface area contributed by atoms with Crippen molar-refractivity contribution >= 4 is 11.7 Å². The van der Waals surface area contributed by atoms with Gasteiger partial charge in [-0.1, -0.05) is 42.4 Å². The lowest BCUT2D eigenvalue weighted by Gasteiger charge is -2.17. The molecule has 0 amide bonds. The molecule has 1 aliphatic heterocycles. The number of methoxy groups -OCH3 is 1. The van der Waals surface area contributed by atoms with E-state index in [9.17, 15) is 4.79 Å². The van der Waals surface area contributed by atoms with Crippen molar-refractivity contribution in [2.75, 3.05) is 20.5 Å². The fraction of sp³-hybridized carbons (Fsp3) is 0.296. The molecule has 182 valence electrons. The molecule has 0 bridgehead atoms. The van der Waals surface area contributed by atoms with Gasteiger partial charge in [0.1, 0.15) is 23.8 Å². The molecule has 0 spiro atoms. The Balaban J connectivity index is 1.62. The van der Waals surface area contributed by atoms with Crippen LogP contribution in [0.15, 0.2) is 53.7 Å². The Morgan fingerprint density at radius 2 is 1.89 bits per heavy atom. The number of hydrogen-bond acceptors (Lipinski definition) is 7. The van der Waals surface area contributed by atoms with Crippen molar-refractivity contribution in [3.05, 3.63) is 76.7 Å². The second kappa shape index (κ2) is 11.1. The fourth-order valence-corrected chi connectivity index (χ4v) is 3.93. The molecule has 0 saturated heterocycles. The summed E-state index contributed by atoms with van der Waals surface area (Å²) in [6.45, 7) is 3.86. The van der Waals surface area contributed by atoms with Crippen LogP contribution in [-0.2, 0) is 27.2 Å². The number of halogens is 1. The number of rotatable bonds is 10. The fourth-order valence-electron chi connectivity index (χ4n) is 3.93. The number of nitrogens with zero attached hydrogens (tertiary/aromatic N) is 2. The standard InChI is InChI=1S/C27H27FN2O5/c1-4-18-12-24(33-15-21-14-25(31)35-30-21)26(28)17(2)22(18)13-20-10-11-23(34-16-32-3)27(29-20)19-8-6-5-7-9-19/h5-12H,4,13-16H2,1-3H3. The third-order valence-corrected chi connectivity index (χ3v) is 5.74. The number of aromatic nitrogens is 1. The average Bonchev–Trinajstić information content (AvgIpc) is 3.31. The second-order valence-electron chi connectivity index (χ2n) is 8.13. The van der Waals surface area contributed by atoms with Gasteiger partial charge in [0.15, 0.2) is 18.4 Å². The van der Waals surface area contributed by atoms with E-state index in [0.717, 1.165) is 22.4 Å². The maximum absolute atomic E-state index is 15.3. The number of oxime groups is 1. The van der Waals surface area contributed by atoms with E-state index < -0.39 is 11.8 Å². The molecule has 1 aromatic heterocycles. The molecule has 8 heteroatoms. The highest BCUT2D eigenvalue weighted by molar-refractivity contribution is 6.02. The normalized spacial score (nSPS) is 12.9. The van der Waals surface area contributed by atoms with Crippen molar-refractivity contribution in [3.63, 3.8) is 0 Å². The summed E-state index contributed by atoms with van der Waals surface area (Å²) in [5.74, 6) is -0.134. The van der Waals surface area contributed by atoms with Gasteiger partial charge in [0, 0.05) is 24.8 Å². The van der Waals surface area contributed by atoms with Crippen molar-refractivity contribution in [1.29, 1.82) is 0 Å². The Morgan fingerprint density at radius 3 is 2.57 bits per heavy atom. The smallest absolute Gasteiger partial charge is 0.340 e. The van der Waals surface area contributed by atoms with Gasteiger partial charge in [0.2, 0.25) is 0 Å². The first-order valence-corrected chi connectivity index (χ1v) is 11.4. The van der Waals surface area contributed by atoms with Gasteiger partial charge in [-0.2, -0.15) is 0 Å². The number of carbonyl (C=O) groups excluding carboxylic acids is 1. The Morgan fingerprint density at radius 1 is 1.09 bits per heavy atom. The summed E-state index contributed by atoms with van der Waals surface area (Å²) in [7, 11) is 1.56. The van der Waals surface area contributed by atoms with Gasteiger partial charge < -0.3 is 19.0 Å². The summed E-state index contributed by atoms with van der Waals surface area (Å²) < 4.78 is 31.7. The molecule has 4 rings (SSSR count). The lowest BCUT2D eigenvalue weighted by atomic mass is 9.94. The zero-order chi connectivity index (χ0) is 24.8. The van der Waals surface area contributed by atoms with Crippen molar-refractivity contribution in [2.45, 2.75) is 33.1 Å². The third-order valence-electron chi connectivity index (χ3n) is 5.74. The van der Waals surface area contributed by atoms with E-state index in [1.54, 1.807) is 20.1 Å². The topological polar surface area (TPSA) is 79.2 Å². The zero-order valence-electron chi connectivity index (χ0n) is 20.0. The zero-order valence-corrected chi connectivity index (χ0v) is 20.0. The molecule has 0 aliphatic carbocycles. The van der Waals surface area contributed by atoms with Gasteiger partial charge in [0.25, 0.3) is 0 Å². The largest absolute Gasteiger partial charge is 0.484 e. The van der Waals surface area contributed by atoms with Gasteiger partial charge in [-0.05, 0) is 48.2 Å². The summed E-state index contributed by atoms with van der Waals surface area (Å²) in [6.07, 6.45) is 1.19. The van der Waals surface area contributed by atoms with E-state index in [0.29, 0.717) is 35.6 Å². The minimum atomic E-state index is -0.439. The van der Waals surface area contributed by atoms with Crippen LogP contribution in [-0.4, -0.2) is 37.2 Å². The van der Waals surface area contributed by atoms with Crippen molar-refractivity contribution < 1.29 is 28.2 Å². The van der Waals surface area contributed by atoms with Crippen LogP contribution in [0.4, 0.5) is 4.39 Å². The number of ether oxygens (including phenoxy) is 3. The van der Waals surface area contributed by atoms with Crippen LogP contribution < -0.4 is 9.47 Å². The third kappa shape index (κ3) is 5.66. The lowest BCUT2D eigenvalue weighted by molar-refractivity contribution is -0.140. The molecule has 7 nitrogen and oxygen atoms in total. The van der Waals surface area contributed by atoms with Gasteiger partial charge in [0.05, 0.1) is 6.42 Å². The van der Waals surface area contributed by atoms with E-state index in [-0.39, 0.29) is 25.6 Å². The number of aryl methyl sites for hydroxylation is 1. The molecule has 35 heavy (non-hydrogen) atoms. The predicted molar refractivity (Wildman–Crippen MR) is 129 cm³/mol. The summed E-state index contributed by atoms with van der Waals surface area (Å²) in [6, 6.07) is 15.2. The first-order valence-electron chi connectivity index (χ1n) is 11.4. The Kier molecular flexibility index (Phi) is 7.72. The summed E-state index contributed by atoms with van der Waals surface area (Å²) in [4.78, 5) is 20.6. The number of hydrogen-bond donors (Lipinski definition) is 0. The van der Waals surface area contributed by atoms with Crippen molar-refractivity contribution in [3.8, 4) is 22.8 Å². The van der Waals surface area contributed by atoms with E-state index >= 15 is 4.39 Å². The molecule has 0 atom stereocenters. The Hall–Kier alpha value is -3.78. The van der Waals surface area contributed by atoms with Gasteiger partial charge in [-0.3, -0.25) is 0 Å². The number of benzene rings is 2. The molecule has 2 aromatic carbocycles. The van der Waals surface area contributed by atoms with Crippen molar-refractivity contribution in [2.24, 2.45) is 5.16 Å². The molecular weight excluding hydrogens is 451 g/mol. The molecule has 0 fully saturated rings. The first-order chi connectivity index (χ1) is 17.0. The van der Waals surface area contributed by atoms with Crippen LogP contribution >= 0.6 is 0 Å². The maximum Gasteiger partial charge on any atom is 0.340 e. The second-order valence-corrected chi connectivity index (χ2v) is 8.13. The highest BCUT2D eigenvalue weighted by Crippen LogP contribution is 2.32. The Bertz CT molecular complexity index is 1240. The van der Waals surface area contributed by atoms with Gasteiger partial charge >= 0.3 is 5.97 Å². The summed E-state index contributed by atoms with van der Waals surface area (Å²) in [5.41, 5.74) is 5.17. The van der Waals surface area contributed by atoms with E-state index in [4.69, 9.17) is 19.2 Å². The van der Waals surface area contributed by atoms with Crippen molar-refractivity contribution in [1.82, 2.24) is 4.98 Å². The lowest BCUT2D eigenvalue weighted by Crippen LogP contribution is -2.13. The summed E-state index contributed by atoms with van der Waals surface area (Å²) in [5, 5.41) is 3.65. The predicted octanol–water partition coefficient (Wildman–Crippen LogP) is 5.01. The molecular formula is C27H27FN2O5. The molecule has 3 aromatic rings. The first kappa shape index (κ1) is 24.3. The van der Waals surface area contributed by atoms with Crippen LogP contribution in [0.25, 0.3) is 11.3 Å². The minimum Gasteiger partial charge on any atom is -0.484 e. The maximum atomic E-state index is 15.3. The molecule has 0 radical (unpaired) electrons. The van der Waals surface area contributed by atoms with Crippen LogP contribution in [0.1, 0.15) is 35.7 Å². The highest BCUT2D eigenvalue weighted by Gasteiger charge is 2.21. The van der Waals surface area contributed by atoms with Crippen LogP contribution in [0.2, 0.25) is 0 Å². The molecule has 0 unspecified atom stereocenters. The average molecular weight is 479 g/mol. The van der Waals surface area contributed by atoms with E-state index in [1.807, 2.05) is 49.4 Å². The monoisotopic (exact) mass is 478 g/mol. The van der Waals surface area contributed by atoms with Crippen LogP contribution in [0.3, 0.4) is 0 Å². The number of carbonyl (C=O) groups is 1. The van der Waals surface area contributed by atoms with Gasteiger partial charge in [-0.15, -0.1) is 0 Å². The van der Waals surface area contributed by atoms with Gasteiger partial charge in [-0.25, -0.2) is 14.2 Å². The highest BCUT2D eigenvalue weighted by atomic mass is 19.1. The van der Waals surface area contributed by atoms with E-state index in [2.05, 4.69) is 9.99 Å².